The molecule has 0 bridgehead atoms. The zero-order valence-corrected chi connectivity index (χ0v) is 19.5. The molecule has 0 saturated heterocycles. The predicted octanol–water partition coefficient (Wildman–Crippen LogP) is 3.95. The zero-order valence-electron chi connectivity index (χ0n) is 17.9. The van der Waals surface area contributed by atoms with Gasteiger partial charge in [-0.2, -0.15) is 0 Å². The number of nitrogens with zero attached hydrogens (tertiary/aromatic N) is 1. The molecule has 2 aromatic carbocycles. The van der Waals surface area contributed by atoms with Crippen molar-refractivity contribution in [1.29, 1.82) is 0 Å². The summed E-state index contributed by atoms with van der Waals surface area (Å²) in [5.41, 5.74) is 2.07. The molecule has 6 nitrogen and oxygen atoms in total. The van der Waals surface area contributed by atoms with Crippen LogP contribution in [-0.4, -0.2) is 43.0 Å². The van der Waals surface area contributed by atoms with Gasteiger partial charge in [0.25, 0.3) is 5.91 Å². The van der Waals surface area contributed by atoms with Crippen LogP contribution in [0.3, 0.4) is 0 Å². The molecule has 0 aliphatic carbocycles. The molecule has 0 aliphatic rings. The highest BCUT2D eigenvalue weighted by Gasteiger charge is 2.26. The molecule has 0 saturated carbocycles. The van der Waals surface area contributed by atoms with Gasteiger partial charge in [-0.15, -0.1) is 0 Å². The third-order valence-corrected chi connectivity index (χ3v) is 5.41. The van der Waals surface area contributed by atoms with Crippen molar-refractivity contribution in [2.24, 2.45) is 0 Å². The summed E-state index contributed by atoms with van der Waals surface area (Å²) in [6.45, 7) is 6.27. The van der Waals surface area contributed by atoms with E-state index in [0.717, 1.165) is 22.2 Å². The minimum Gasteiger partial charge on any atom is -0.497 e. The fourth-order valence-electron chi connectivity index (χ4n) is 2.94. The molecule has 2 aromatic rings. The number of carbonyl (C=O) groups excluding carboxylic acids is 2. The van der Waals surface area contributed by atoms with Crippen molar-refractivity contribution in [1.82, 2.24) is 10.2 Å². The molecular formula is C23H29BrN2O4. The Kier molecular flexibility index (Phi) is 9.17. The normalized spacial score (nSPS) is 11.5. The monoisotopic (exact) mass is 476 g/mol. The minimum atomic E-state index is -0.631. The lowest BCUT2D eigenvalue weighted by atomic mass is 10.1. The Hall–Kier alpha value is -2.54. The number of aryl methyl sites for hydroxylation is 1. The number of ether oxygens (including phenoxy) is 2. The van der Waals surface area contributed by atoms with Gasteiger partial charge in [0.15, 0.2) is 6.61 Å². The molecule has 7 heteroatoms. The lowest BCUT2D eigenvalue weighted by Gasteiger charge is -2.28. The molecule has 1 atom stereocenters. The molecule has 0 spiro atoms. The van der Waals surface area contributed by atoms with Gasteiger partial charge in [-0.1, -0.05) is 25.1 Å². The molecule has 0 heterocycles. The van der Waals surface area contributed by atoms with Gasteiger partial charge >= 0.3 is 0 Å². The van der Waals surface area contributed by atoms with E-state index in [4.69, 9.17) is 9.47 Å². The molecule has 162 valence electrons. The number of halogens is 1. The first-order chi connectivity index (χ1) is 14.4. The number of carbonyl (C=O) groups is 2. The van der Waals surface area contributed by atoms with Crippen molar-refractivity contribution in [2.75, 3.05) is 20.3 Å². The first-order valence-corrected chi connectivity index (χ1v) is 10.8. The summed E-state index contributed by atoms with van der Waals surface area (Å²) in [7, 11) is 1.60. The standard InChI is InChI=1S/C23H29BrN2O4/c1-5-17-9-12-21(20(24)13-17)30-15-22(27)26(16(3)23(28)25-6-2)14-18-7-10-19(29-4)11-8-18/h7-13,16H,5-6,14-15H2,1-4H3,(H,25,28)/t16-/m1/s1. The first kappa shape index (κ1) is 23.7. The summed E-state index contributed by atoms with van der Waals surface area (Å²) in [4.78, 5) is 26.9. The van der Waals surface area contributed by atoms with Gasteiger partial charge in [0.1, 0.15) is 17.5 Å². The zero-order chi connectivity index (χ0) is 22.1. The summed E-state index contributed by atoms with van der Waals surface area (Å²) < 4.78 is 11.7. The molecule has 0 aromatic heterocycles. The fraction of sp³-hybridized carbons (Fsp3) is 0.391. The Labute approximate surface area is 186 Å². The van der Waals surface area contributed by atoms with E-state index >= 15 is 0 Å². The third kappa shape index (κ3) is 6.49. The maximum absolute atomic E-state index is 13.0. The topological polar surface area (TPSA) is 67.9 Å². The summed E-state index contributed by atoms with van der Waals surface area (Å²) in [6, 6.07) is 12.6. The molecule has 0 fully saturated rings. The van der Waals surface area contributed by atoms with Gasteiger partial charge in [0.2, 0.25) is 5.91 Å². The van der Waals surface area contributed by atoms with Gasteiger partial charge in [0.05, 0.1) is 11.6 Å². The van der Waals surface area contributed by atoms with Crippen LogP contribution in [0.2, 0.25) is 0 Å². The third-order valence-electron chi connectivity index (χ3n) is 4.79. The molecule has 2 amide bonds. The van der Waals surface area contributed by atoms with Gasteiger partial charge in [-0.05, 0) is 71.6 Å². The first-order valence-electron chi connectivity index (χ1n) is 10.0. The van der Waals surface area contributed by atoms with E-state index in [0.29, 0.717) is 18.8 Å². The average molecular weight is 477 g/mol. The lowest BCUT2D eigenvalue weighted by Crippen LogP contribution is -2.49. The number of hydrogen-bond donors (Lipinski definition) is 1. The van der Waals surface area contributed by atoms with Gasteiger partial charge in [-0.3, -0.25) is 9.59 Å². The molecule has 30 heavy (non-hydrogen) atoms. The van der Waals surface area contributed by atoms with Gasteiger partial charge in [0, 0.05) is 13.1 Å². The highest BCUT2D eigenvalue weighted by Crippen LogP contribution is 2.26. The smallest absolute Gasteiger partial charge is 0.261 e. The number of hydrogen-bond acceptors (Lipinski definition) is 4. The van der Waals surface area contributed by atoms with Gasteiger partial charge in [-0.25, -0.2) is 0 Å². The maximum Gasteiger partial charge on any atom is 0.261 e. The predicted molar refractivity (Wildman–Crippen MR) is 121 cm³/mol. The number of amides is 2. The highest BCUT2D eigenvalue weighted by atomic mass is 79.9. The molecular weight excluding hydrogens is 448 g/mol. The quantitative estimate of drug-likeness (QED) is 0.563. The van der Waals surface area contributed by atoms with Crippen molar-refractivity contribution in [3.05, 3.63) is 58.1 Å². The van der Waals surface area contributed by atoms with E-state index in [1.807, 2.05) is 49.4 Å². The summed E-state index contributed by atoms with van der Waals surface area (Å²) in [5.74, 6) is 0.858. The van der Waals surface area contributed by atoms with E-state index in [1.165, 1.54) is 10.5 Å². The lowest BCUT2D eigenvalue weighted by molar-refractivity contribution is -0.142. The number of nitrogens with one attached hydrogen (secondary N) is 1. The number of rotatable bonds is 10. The van der Waals surface area contributed by atoms with Crippen LogP contribution in [0.5, 0.6) is 11.5 Å². The van der Waals surface area contributed by atoms with Crippen LogP contribution >= 0.6 is 15.9 Å². The number of benzene rings is 2. The Morgan fingerprint density at radius 1 is 1.10 bits per heavy atom. The van der Waals surface area contributed by atoms with E-state index in [9.17, 15) is 9.59 Å². The summed E-state index contributed by atoms with van der Waals surface area (Å²) in [6.07, 6.45) is 0.914. The number of methoxy groups -OCH3 is 1. The largest absolute Gasteiger partial charge is 0.497 e. The molecule has 0 unspecified atom stereocenters. The van der Waals surface area contributed by atoms with Crippen LogP contribution in [0.1, 0.15) is 31.9 Å². The number of likely N-dealkylation sites (N-methyl/N-ethyl adjacent to an activating group) is 1. The second-order valence-corrected chi connectivity index (χ2v) is 7.70. The fourth-order valence-corrected chi connectivity index (χ4v) is 3.48. The van der Waals surface area contributed by atoms with Crippen LogP contribution in [0.4, 0.5) is 0 Å². The van der Waals surface area contributed by atoms with Crippen LogP contribution in [0.25, 0.3) is 0 Å². The Morgan fingerprint density at radius 3 is 2.33 bits per heavy atom. The highest BCUT2D eigenvalue weighted by molar-refractivity contribution is 9.10. The second kappa shape index (κ2) is 11.6. The van der Waals surface area contributed by atoms with Crippen LogP contribution in [-0.2, 0) is 22.6 Å². The SMILES string of the molecule is CCNC(=O)[C@@H](C)N(Cc1ccc(OC)cc1)C(=O)COc1ccc(CC)cc1Br. The van der Waals surface area contributed by atoms with Crippen LogP contribution < -0.4 is 14.8 Å². The van der Waals surface area contributed by atoms with Gasteiger partial charge < -0.3 is 19.7 Å². The van der Waals surface area contributed by atoms with E-state index < -0.39 is 6.04 Å². The van der Waals surface area contributed by atoms with E-state index in [-0.39, 0.29) is 18.4 Å². The maximum atomic E-state index is 13.0. The van der Waals surface area contributed by atoms with E-state index in [1.54, 1.807) is 14.0 Å². The van der Waals surface area contributed by atoms with Crippen LogP contribution in [0, 0.1) is 0 Å². The summed E-state index contributed by atoms with van der Waals surface area (Å²) >= 11 is 3.49. The molecule has 0 radical (unpaired) electrons. The summed E-state index contributed by atoms with van der Waals surface area (Å²) in [5, 5.41) is 2.78. The van der Waals surface area contributed by atoms with Crippen molar-refractivity contribution in [3.63, 3.8) is 0 Å². The van der Waals surface area contributed by atoms with Crippen molar-refractivity contribution < 1.29 is 19.1 Å². The Morgan fingerprint density at radius 2 is 1.77 bits per heavy atom. The Bertz CT molecular complexity index is 855. The molecule has 2 rings (SSSR count). The van der Waals surface area contributed by atoms with Crippen molar-refractivity contribution in [3.8, 4) is 11.5 Å². The van der Waals surface area contributed by atoms with Crippen molar-refractivity contribution >= 4 is 27.7 Å². The van der Waals surface area contributed by atoms with Crippen LogP contribution in [0.15, 0.2) is 46.9 Å². The molecule has 1 N–H and O–H groups in total. The van der Waals surface area contributed by atoms with E-state index in [2.05, 4.69) is 28.2 Å². The Balaban J connectivity index is 2.15. The second-order valence-electron chi connectivity index (χ2n) is 6.85. The minimum absolute atomic E-state index is 0.163. The average Bonchev–Trinajstić information content (AvgIpc) is 2.76. The molecule has 0 aliphatic heterocycles. The van der Waals surface area contributed by atoms with Crippen molar-refractivity contribution in [2.45, 2.75) is 39.8 Å².